The van der Waals surface area contributed by atoms with Gasteiger partial charge in [0.1, 0.15) is 5.82 Å². The molecule has 3 aromatic heterocycles. The molecule has 4 aromatic rings. The second-order valence-electron chi connectivity index (χ2n) is 8.68. The Kier molecular flexibility index (Phi) is 5.00. The Morgan fingerprint density at radius 2 is 2.00 bits per heavy atom. The topological polar surface area (TPSA) is 71.1 Å². The summed E-state index contributed by atoms with van der Waals surface area (Å²) in [6.07, 6.45) is 7.94. The molecule has 0 atom stereocenters. The first-order valence-electron chi connectivity index (χ1n) is 10.8. The van der Waals surface area contributed by atoms with Crippen LogP contribution in [-0.4, -0.2) is 48.3 Å². The average molecular weight is 417 g/mol. The van der Waals surface area contributed by atoms with Crippen molar-refractivity contribution in [1.82, 2.24) is 24.0 Å². The van der Waals surface area contributed by atoms with Gasteiger partial charge in [-0.1, -0.05) is 0 Å². The molecule has 1 aromatic carbocycles. The van der Waals surface area contributed by atoms with Crippen LogP contribution < -0.4 is 5.32 Å². The Bertz CT molecular complexity index is 1220. The normalized spacial score (nSPS) is 15.0. The number of β-amino-alcohol motifs (C(OH)–C–C–N with tert-alkyl or cyclic N) is 1. The van der Waals surface area contributed by atoms with Crippen molar-refractivity contribution >= 4 is 22.5 Å². The summed E-state index contributed by atoms with van der Waals surface area (Å²) in [4.78, 5) is 11.4. The van der Waals surface area contributed by atoms with E-state index >= 15 is 0 Å². The fraction of sp³-hybridized carbons (Fsp3) is 0.333. The van der Waals surface area contributed by atoms with Crippen LogP contribution in [0.25, 0.3) is 16.7 Å². The third-order valence-corrected chi connectivity index (χ3v) is 5.90. The van der Waals surface area contributed by atoms with Gasteiger partial charge in [-0.25, -0.2) is 4.98 Å². The third kappa shape index (κ3) is 3.94. The molecule has 0 saturated carbocycles. The maximum absolute atomic E-state index is 9.51. The van der Waals surface area contributed by atoms with Gasteiger partial charge in [0, 0.05) is 67.1 Å². The van der Waals surface area contributed by atoms with Gasteiger partial charge in [-0.05, 0) is 62.2 Å². The van der Waals surface area contributed by atoms with E-state index in [4.69, 9.17) is 4.98 Å². The highest BCUT2D eigenvalue weighted by Crippen LogP contribution is 2.25. The molecule has 7 nitrogen and oxygen atoms in total. The van der Waals surface area contributed by atoms with Crippen molar-refractivity contribution < 1.29 is 5.11 Å². The Morgan fingerprint density at radius 1 is 1.16 bits per heavy atom. The molecule has 1 aliphatic rings. The Labute approximate surface area is 182 Å². The SMILES string of the molecule is Cc1cn(-c2ccnc(Nc3ccc4c(ccn4C(C)C)c3)n2)cc1CN1CC(O)C1. The van der Waals surface area contributed by atoms with Crippen molar-refractivity contribution in [1.29, 1.82) is 0 Å². The molecule has 1 fully saturated rings. The van der Waals surface area contributed by atoms with E-state index in [1.54, 1.807) is 6.20 Å². The molecule has 160 valence electrons. The summed E-state index contributed by atoms with van der Waals surface area (Å²) in [7, 11) is 0. The van der Waals surface area contributed by atoms with Crippen LogP contribution in [0, 0.1) is 6.92 Å². The number of rotatable bonds is 6. The number of benzene rings is 1. The van der Waals surface area contributed by atoms with Crippen molar-refractivity contribution in [2.45, 2.75) is 39.5 Å². The largest absolute Gasteiger partial charge is 0.390 e. The zero-order chi connectivity index (χ0) is 21.5. The molecule has 31 heavy (non-hydrogen) atoms. The van der Waals surface area contributed by atoms with Gasteiger partial charge in [-0.15, -0.1) is 0 Å². The molecule has 4 heterocycles. The minimum atomic E-state index is -0.180. The number of aliphatic hydroxyl groups is 1. The molecule has 0 unspecified atom stereocenters. The van der Waals surface area contributed by atoms with Crippen LogP contribution in [0.15, 0.2) is 55.1 Å². The van der Waals surface area contributed by atoms with Gasteiger partial charge >= 0.3 is 0 Å². The minimum absolute atomic E-state index is 0.180. The van der Waals surface area contributed by atoms with Crippen LogP contribution in [0.4, 0.5) is 11.6 Å². The molecule has 0 bridgehead atoms. The number of nitrogens with one attached hydrogen (secondary N) is 1. The van der Waals surface area contributed by atoms with E-state index in [0.717, 1.165) is 31.1 Å². The number of aliphatic hydroxyl groups excluding tert-OH is 1. The van der Waals surface area contributed by atoms with E-state index in [2.05, 4.69) is 83.4 Å². The number of fused-ring (bicyclic) bond motifs is 1. The molecule has 2 N–H and O–H groups in total. The number of likely N-dealkylation sites (tertiary alicyclic amines) is 1. The summed E-state index contributed by atoms with van der Waals surface area (Å²) in [6, 6.07) is 10.8. The summed E-state index contributed by atoms with van der Waals surface area (Å²) < 4.78 is 4.31. The van der Waals surface area contributed by atoms with Gasteiger partial charge in [0.25, 0.3) is 0 Å². The number of hydrogen-bond donors (Lipinski definition) is 2. The van der Waals surface area contributed by atoms with E-state index < -0.39 is 0 Å². The second kappa shape index (κ2) is 7.83. The monoisotopic (exact) mass is 416 g/mol. The summed E-state index contributed by atoms with van der Waals surface area (Å²) in [5.41, 5.74) is 4.65. The number of anilines is 2. The predicted molar refractivity (Wildman–Crippen MR) is 123 cm³/mol. The molecular weight excluding hydrogens is 388 g/mol. The molecule has 0 radical (unpaired) electrons. The van der Waals surface area contributed by atoms with Crippen LogP contribution in [0.3, 0.4) is 0 Å². The molecular formula is C24H28N6O. The van der Waals surface area contributed by atoms with E-state index in [1.807, 2.05) is 10.6 Å². The number of aryl methyl sites for hydroxylation is 1. The highest BCUT2D eigenvalue weighted by atomic mass is 16.3. The maximum atomic E-state index is 9.51. The predicted octanol–water partition coefficient (Wildman–Crippen LogP) is 4.03. The summed E-state index contributed by atoms with van der Waals surface area (Å²) in [6.45, 7) is 8.83. The van der Waals surface area contributed by atoms with E-state index in [1.165, 1.54) is 22.0 Å². The van der Waals surface area contributed by atoms with Crippen LogP contribution in [0.1, 0.15) is 31.0 Å². The number of hydrogen-bond acceptors (Lipinski definition) is 5. The fourth-order valence-electron chi connectivity index (χ4n) is 4.18. The first kappa shape index (κ1) is 19.8. The van der Waals surface area contributed by atoms with Gasteiger partial charge in [0.2, 0.25) is 5.95 Å². The molecule has 0 spiro atoms. The Hall–Kier alpha value is -3.16. The molecule has 0 amide bonds. The van der Waals surface area contributed by atoms with Crippen molar-refractivity contribution in [2.75, 3.05) is 18.4 Å². The fourth-order valence-corrected chi connectivity index (χ4v) is 4.18. The van der Waals surface area contributed by atoms with Crippen molar-refractivity contribution in [3.63, 3.8) is 0 Å². The van der Waals surface area contributed by atoms with E-state index in [9.17, 15) is 5.11 Å². The van der Waals surface area contributed by atoms with Crippen LogP contribution in [0.2, 0.25) is 0 Å². The summed E-state index contributed by atoms with van der Waals surface area (Å²) in [5, 5.41) is 14.0. The van der Waals surface area contributed by atoms with Gasteiger partial charge in [-0.3, -0.25) is 4.90 Å². The quantitative estimate of drug-likeness (QED) is 0.497. The lowest BCUT2D eigenvalue weighted by atomic mass is 10.1. The van der Waals surface area contributed by atoms with Crippen LogP contribution in [0.5, 0.6) is 0 Å². The molecule has 5 rings (SSSR count). The lowest BCUT2D eigenvalue weighted by Gasteiger charge is -2.35. The summed E-state index contributed by atoms with van der Waals surface area (Å²) >= 11 is 0. The van der Waals surface area contributed by atoms with Crippen molar-refractivity contribution in [3.8, 4) is 5.82 Å². The van der Waals surface area contributed by atoms with E-state index in [-0.39, 0.29) is 6.10 Å². The van der Waals surface area contributed by atoms with Gasteiger partial charge in [0.15, 0.2) is 0 Å². The first-order valence-corrected chi connectivity index (χ1v) is 10.8. The van der Waals surface area contributed by atoms with Gasteiger partial charge < -0.3 is 19.6 Å². The molecule has 1 aliphatic heterocycles. The highest BCUT2D eigenvalue weighted by molar-refractivity contribution is 5.84. The Balaban J connectivity index is 1.35. The Morgan fingerprint density at radius 3 is 2.77 bits per heavy atom. The van der Waals surface area contributed by atoms with Gasteiger partial charge in [0.05, 0.1) is 6.10 Å². The van der Waals surface area contributed by atoms with E-state index in [0.29, 0.717) is 12.0 Å². The first-order chi connectivity index (χ1) is 15.0. The lowest BCUT2D eigenvalue weighted by Crippen LogP contribution is -2.49. The highest BCUT2D eigenvalue weighted by Gasteiger charge is 2.24. The van der Waals surface area contributed by atoms with Crippen LogP contribution >= 0.6 is 0 Å². The van der Waals surface area contributed by atoms with Gasteiger partial charge in [-0.2, -0.15) is 4.98 Å². The maximum Gasteiger partial charge on any atom is 0.229 e. The third-order valence-electron chi connectivity index (χ3n) is 5.90. The number of aromatic nitrogens is 4. The van der Waals surface area contributed by atoms with Crippen molar-refractivity contribution in [3.05, 3.63) is 66.2 Å². The molecule has 1 saturated heterocycles. The van der Waals surface area contributed by atoms with Crippen molar-refractivity contribution in [2.24, 2.45) is 0 Å². The lowest BCUT2D eigenvalue weighted by molar-refractivity contribution is -0.00295. The molecule has 7 heteroatoms. The average Bonchev–Trinajstić information content (AvgIpc) is 3.30. The summed E-state index contributed by atoms with van der Waals surface area (Å²) in [5.74, 6) is 1.39. The smallest absolute Gasteiger partial charge is 0.229 e. The standard InChI is InChI=1S/C24H28N6O/c1-16(2)30-9-7-18-10-20(4-5-22(18)30)26-24-25-8-6-23(27-24)29-11-17(3)19(13-29)12-28-14-21(31)15-28/h4-11,13,16,21,31H,12,14-15H2,1-3H3,(H,25,26,27). The second-order valence-corrected chi connectivity index (χ2v) is 8.68. The zero-order valence-electron chi connectivity index (χ0n) is 18.2. The molecule has 0 aliphatic carbocycles. The zero-order valence-corrected chi connectivity index (χ0v) is 18.2. The number of nitrogens with zero attached hydrogens (tertiary/aromatic N) is 5. The van der Waals surface area contributed by atoms with Crippen LogP contribution in [-0.2, 0) is 6.54 Å². The minimum Gasteiger partial charge on any atom is -0.390 e.